The van der Waals surface area contributed by atoms with Crippen molar-refractivity contribution in [3.63, 3.8) is 0 Å². The molecule has 7 heteroatoms. The van der Waals surface area contributed by atoms with Gasteiger partial charge in [0.1, 0.15) is 0 Å². The Bertz CT molecular complexity index is 880. The predicted octanol–water partition coefficient (Wildman–Crippen LogP) is 2.83. The van der Waals surface area contributed by atoms with E-state index in [4.69, 9.17) is 4.42 Å². The molecule has 1 N–H and O–H groups in total. The molecule has 1 amide bonds. The van der Waals surface area contributed by atoms with Crippen molar-refractivity contribution in [1.29, 1.82) is 0 Å². The summed E-state index contributed by atoms with van der Waals surface area (Å²) < 4.78 is 5.22. The van der Waals surface area contributed by atoms with E-state index >= 15 is 0 Å². The molecule has 1 fully saturated rings. The molecule has 132 valence electrons. The lowest BCUT2D eigenvalue weighted by atomic mass is 10.0. The van der Waals surface area contributed by atoms with Crippen LogP contribution in [-0.4, -0.2) is 45.4 Å². The van der Waals surface area contributed by atoms with E-state index < -0.39 is 0 Å². The summed E-state index contributed by atoms with van der Waals surface area (Å²) in [4.78, 5) is 26.7. The summed E-state index contributed by atoms with van der Waals surface area (Å²) in [5.74, 6) is 0.755. The molecule has 0 spiro atoms. The number of nitrogens with zero attached hydrogens (tertiary/aromatic N) is 4. The molecule has 1 aliphatic rings. The van der Waals surface area contributed by atoms with Gasteiger partial charge in [-0.05, 0) is 30.2 Å². The number of hydrogen-bond acceptors (Lipinski definition) is 6. The number of carbonyl (C=O) groups is 1. The van der Waals surface area contributed by atoms with E-state index in [-0.39, 0.29) is 5.91 Å². The van der Waals surface area contributed by atoms with Gasteiger partial charge in [-0.1, -0.05) is 0 Å². The number of nitrogens with one attached hydrogen (secondary N) is 1. The molecule has 0 bridgehead atoms. The second kappa shape index (κ2) is 7.35. The van der Waals surface area contributed by atoms with Crippen LogP contribution in [0.2, 0.25) is 0 Å². The summed E-state index contributed by atoms with van der Waals surface area (Å²) in [5, 5.41) is 3.21. The summed E-state index contributed by atoms with van der Waals surface area (Å²) in [6, 6.07) is 5.72. The summed E-state index contributed by atoms with van der Waals surface area (Å²) in [5.41, 5.74) is 3.58. The van der Waals surface area contributed by atoms with E-state index in [1.54, 1.807) is 31.1 Å². The van der Waals surface area contributed by atoms with Crippen molar-refractivity contribution >= 4 is 11.9 Å². The van der Waals surface area contributed by atoms with Gasteiger partial charge in [0.25, 0.3) is 0 Å². The number of anilines is 1. The van der Waals surface area contributed by atoms with Gasteiger partial charge in [-0.25, -0.2) is 9.97 Å². The number of carbonyl (C=O) groups excluding carboxylic acids is 1. The Balaban J connectivity index is 1.55. The maximum atomic E-state index is 11.7. The average molecular weight is 349 g/mol. The standard InChI is InChI=1S/C19H19N5O2/c25-17-2-1-9-24(17)10-8-21-19-22-12-16(14-3-6-20-7-4-14)18(23-19)15-5-11-26-13-15/h3-7,11-13H,1-2,8-10H2,(H,21,22,23). The molecule has 0 atom stereocenters. The van der Waals surface area contributed by atoms with Gasteiger partial charge in [0, 0.05) is 55.8 Å². The number of amides is 1. The van der Waals surface area contributed by atoms with Gasteiger partial charge in [-0.15, -0.1) is 0 Å². The van der Waals surface area contributed by atoms with Crippen LogP contribution in [0.15, 0.2) is 53.7 Å². The third-order valence-corrected chi connectivity index (χ3v) is 4.41. The van der Waals surface area contributed by atoms with Crippen LogP contribution in [0.4, 0.5) is 5.95 Å². The maximum Gasteiger partial charge on any atom is 0.223 e. The number of rotatable bonds is 6. The molecule has 7 nitrogen and oxygen atoms in total. The average Bonchev–Trinajstić information content (AvgIpc) is 3.35. The van der Waals surface area contributed by atoms with Gasteiger partial charge in [-0.3, -0.25) is 9.78 Å². The first-order valence-corrected chi connectivity index (χ1v) is 8.63. The normalized spacial score (nSPS) is 14.0. The van der Waals surface area contributed by atoms with Crippen LogP contribution in [0.3, 0.4) is 0 Å². The molecule has 1 aliphatic heterocycles. The fourth-order valence-electron chi connectivity index (χ4n) is 3.07. The van der Waals surface area contributed by atoms with Crippen molar-refractivity contribution in [3.05, 3.63) is 49.3 Å². The van der Waals surface area contributed by atoms with E-state index in [0.29, 0.717) is 25.5 Å². The molecule has 3 aromatic heterocycles. The number of likely N-dealkylation sites (tertiary alicyclic amines) is 1. The van der Waals surface area contributed by atoms with Gasteiger partial charge in [0.05, 0.1) is 18.2 Å². The molecular weight excluding hydrogens is 330 g/mol. The first kappa shape index (κ1) is 16.3. The highest BCUT2D eigenvalue weighted by atomic mass is 16.3. The first-order valence-electron chi connectivity index (χ1n) is 8.63. The molecule has 0 saturated carbocycles. The number of furan rings is 1. The van der Waals surface area contributed by atoms with Gasteiger partial charge < -0.3 is 14.6 Å². The van der Waals surface area contributed by atoms with E-state index in [1.165, 1.54) is 0 Å². The molecule has 0 aromatic carbocycles. The number of aromatic nitrogens is 3. The van der Waals surface area contributed by atoms with E-state index in [0.717, 1.165) is 35.3 Å². The Morgan fingerprint density at radius 1 is 1.19 bits per heavy atom. The van der Waals surface area contributed by atoms with Gasteiger partial charge in [-0.2, -0.15) is 0 Å². The molecular formula is C19H19N5O2. The van der Waals surface area contributed by atoms with Gasteiger partial charge in [0.15, 0.2) is 0 Å². The quantitative estimate of drug-likeness (QED) is 0.737. The highest BCUT2D eigenvalue weighted by Crippen LogP contribution is 2.30. The van der Waals surface area contributed by atoms with E-state index in [9.17, 15) is 4.79 Å². The van der Waals surface area contributed by atoms with Crippen molar-refractivity contribution in [2.45, 2.75) is 12.8 Å². The molecule has 4 heterocycles. The van der Waals surface area contributed by atoms with Crippen LogP contribution in [0, 0.1) is 0 Å². The third kappa shape index (κ3) is 3.42. The van der Waals surface area contributed by atoms with Crippen LogP contribution in [0.25, 0.3) is 22.4 Å². The van der Waals surface area contributed by atoms with Crippen LogP contribution in [0.1, 0.15) is 12.8 Å². The van der Waals surface area contributed by atoms with E-state index in [2.05, 4.69) is 20.3 Å². The molecule has 0 unspecified atom stereocenters. The Morgan fingerprint density at radius 2 is 2.08 bits per heavy atom. The molecule has 1 saturated heterocycles. The Kier molecular flexibility index (Phi) is 4.59. The highest BCUT2D eigenvalue weighted by Gasteiger charge is 2.19. The second-order valence-corrected chi connectivity index (χ2v) is 6.11. The Morgan fingerprint density at radius 3 is 2.81 bits per heavy atom. The lowest BCUT2D eigenvalue weighted by molar-refractivity contribution is -0.127. The van der Waals surface area contributed by atoms with Gasteiger partial charge in [0.2, 0.25) is 11.9 Å². The number of pyridine rings is 1. The maximum absolute atomic E-state index is 11.7. The van der Waals surface area contributed by atoms with Crippen LogP contribution in [0.5, 0.6) is 0 Å². The van der Waals surface area contributed by atoms with Crippen molar-refractivity contribution in [2.75, 3.05) is 25.0 Å². The topological polar surface area (TPSA) is 84.2 Å². The minimum Gasteiger partial charge on any atom is -0.472 e. The van der Waals surface area contributed by atoms with Crippen LogP contribution in [-0.2, 0) is 4.79 Å². The van der Waals surface area contributed by atoms with Crippen molar-refractivity contribution < 1.29 is 9.21 Å². The van der Waals surface area contributed by atoms with Gasteiger partial charge >= 0.3 is 0 Å². The third-order valence-electron chi connectivity index (χ3n) is 4.41. The molecule has 0 radical (unpaired) electrons. The summed E-state index contributed by atoms with van der Waals surface area (Å²) in [6.45, 7) is 2.11. The van der Waals surface area contributed by atoms with Crippen molar-refractivity contribution in [3.8, 4) is 22.4 Å². The zero-order chi connectivity index (χ0) is 17.8. The molecule has 4 rings (SSSR count). The fourth-order valence-corrected chi connectivity index (χ4v) is 3.07. The molecule has 0 aliphatic carbocycles. The second-order valence-electron chi connectivity index (χ2n) is 6.11. The minimum atomic E-state index is 0.222. The molecule has 26 heavy (non-hydrogen) atoms. The zero-order valence-corrected chi connectivity index (χ0v) is 14.3. The summed E-state index contributed by atoms with van der Waals surface area (Å²) in [7, 11) is 0. The van der Waals surface area contributed by atoms with Crippen molar-refractivity contribution in [2.24, 2.45) is 0 Å². The fraction of sp³-hybridized carbons (Fsp3) is 0.263. The van der Waals surface area contributed by atoms with Crippen LogP contribution < -0.4 is 5.32 Å². The van der Waals surface area contributed by atoms with E-state index in [1.807, 2.05) is 23.1 Å². The summed E-state index contributed by atoms with van der Waals surface area (Å²) >= 11 is 0. The zero-order valence-electron chi connectivity index (χ0n) is 14.3. The van der Waals surface area contributed by atoms with Crippen LogP contribution >= 0.6 is 0 Å². The highest BCUT2D eigenvalue weighted by molar-refractivity contribution is 5.80. The lowest BCUT2D eigenvalue weighted by Gasteiger charge is -2.16. The lowest BCUT2D eigenvalue weighted by Crippen LogP contribution is -2.30. The minimum absolute atomic E-state index is 0.222. The Labute approximate surface area is 151 Å². The monoisotopic (exact) mass is 349 g/mol. The van der Waals surface area contributed by atoms with Crippen molar-refractivity contribution in [1.82, 2.24) is 19.9 Å². The first-order chi connectivity index (χ1) is 12.8. The smallest absolute Gasteiger partial charge is 0.223 e. The Hall–Kier alpha value is -3.22. The predicted molar refractivity (Wildman–Crippen MR) is 97.3 cm³/mol. The summed E-state index contributed by atoms with van der Waals surface area (Å²) in [6.07, 6.45) is 10.2. The number of hydrogen-bond donors (Lipinski definition) is 1. The molecule has 3 aromatic rings. The largest absolute Gasteiger partial charge is 0.472 e. The SMILES string of the molecule is O=C1CCCN1CCNc1ncc(-c2ccncc2)c(-c2ccoc2)n1.